The molecule has 0 spiro atoms. The lowest BCUT2D eigenvalue weighted by atomic mass is 10.0. The van der Waals surface area contributed by atoms with E-state index in [1.807, 2.05) is 6.92 Å². The lowest BCUT2D eigenvalue weighted by Crippen LogP contribution is -2.55. The molecule has 0 aromatic heterocycles. The SMILES string of the molecule is CCCNC(C)(C#N)CN1CCN(c2ccccc2)CC1. The third-order valence-corrected chi connectivity index (χ3v) is 4.05. The van der Waals surface area contributed by atoms with Gasteiger partial charge in [0.05, 0.1) is 6.07 Å². The predicted molar refractivity (Wildman–Crippen MR) is 87.4 cm³/mol. The third kappa shape index (κ3) is 4.45. The second-order valence-corrected chi connectivity index (χ2v) is 5.97. The highest BCUT2D eigenvalue weighted by Crippen LogP contribution is 2.16. The Balaban J connectivity index is 1.85. The van der Waals surface area contributed by atoms with Gasteiger partial charge in [-0.2, -0.15) is 5.26 Å². The van der Waals surface area contributed by atoms with Crippen LogP contribution in [0, 0.1) is 11.3 Å². The van der Waals surface area contributed by atoms with Crippen molar-refractivity contribution >= 4 is 5.69 Å². The Kier molecular flexibility index (Phi) is 5.60. The Morgan fingerprint density at radius 3 is 2.43 bits per heavy atom. The smallest absolute Gasteiger partial charge is 0.116 e. The van der Waals surface area contributed by atoms with Crippen molar-refractivity contribution < 1.29 is 0 Å². The van der Waals surface area contributed by atoms with Gasteiger partial charge in [0.2, 0.25) is 0 Å². The average molecular weight is 286 g/mol. The van der Waals surface area contributed by atoms with Crippen LogP contribution in [0.5, 0.6) is 0 Å². The first-order chi connectivity index (χ1) is 10.2. The van der Waals surface area contributed by atoms with Gasteiger partial charge in [0, 0.05) is 38.4 Å². The largest absolute Gasteiger partial charge is 0.369 e. The summed E-state index contributed by atoms with van der Waals surface area (Å²) < 4.78 is 0. The lowest BCUT2D eigenvalue weighted by molar-refractivity contribution is 0.209. The standard InChI is InChI=1S/C17H26N4/c1-3-9-19-17(2,14-18)15-20-10-12-21(13-11-20)16-7-5-4-6-8-16/h4-8,19H,3,9-13,15H2,1-2H3. The molecule has 1 atom stereocenters. The summed E-state index contributed by atoms with van der Waals surface area (Å²) in [5, 5.41) is 12.8. The number of hydrogen-bond acceptors (Lipinski definition) is 4. The van der Waals surface area contributed by atoms with Gasteiger partial charge in [0.1, 0.15) is 5.54 Å². The van der Waals surface area contributed by atoms with Crippen LogP contribution in [0.1, 0.15) is 20.3 Å². The van der Waals surface area contributed by atoms with Crippen LogP contribution in [0.4, 0.5) is 5.69 Å². The van der Waals surface area contributed by atoms with Crippen molar-refractivity contribution in [3.8, 4) is 6.07 Å². The number of hydrogen-bond donors (Lipinski definition) is 1. The molecular weight excluding hydrogens is 260 g/mol. The highest BCUT2D eigenvalue weighted by atomic mass is 15.3. The first kappa shape index (κ1) is 15.8. The fourth-order valence-corrected chi connectivity index (χ4v) is 2.78. The minimum absolute atomic E-state index is 0.440. The van der Waals surface area contributed by atoms with Crippen LogP contribution in [0.3, 0.4) is 0 Å². The number of nitrogens with zero attached hydrogens (tertiary/aromatic N) is 3. The van der Waals surface area contributed by atoms with Crippen LogP contribution in [0.15, 0.2) is 30.3 Å². The van der Waals surface area contributed by atoms with Gasteiger partial charge in [-0.3, -0.25) is 10.2 Å². The molecule has 21 heavy (non-hydrogen) atoms. The summed E-state index contributed by atoms with van der Waals surface area (Å²) in [6.07, 6.45) is 1.05. The molecule has 1 fully saturated rings. The Morgan fingerprint density at radius 2 is 1.86 bits per heavy atom. The van der Waals surface area contributed by atoms with Crippen LogP contribution in [-0.2, 0) is 0 Å². The molecule has 114 valence electrons. The van der Waals surface area contributed by atoms with Gasteiger partial charge in [-0.1, -0.05) is 25.1 Å². The van der Waals surface area contributed by atoms with Gasteiger partial charge in [0.15, 0.2) is 0 Å². The van der Waals surface area contributed by atoms with Gasteiger partial charge < -0.3 is 4.90 Å². The molecule has 1 heterocycles. The van der Waals surface area contributed by atoms with E-state index >= 15 is 0 Å². The van der Waals surface area contributed by atoms with Crippen molar-refractivity contribution in [1.82, 2.24) is 10.2 Å². The molecule has 0 aliphatic carbocycles. The summed E-state index contributed by atoms with van der Waals surface area (Å²) in [6, 6.07) is 13.0. The summed E-state index contributed by atoms with van der Waals surface area (Å²) in [5.41, 5.74) is 0.856. The molecule has 1 N–H and O–H groups in total. The Bertz CT molecular complexity index is 459. The van der Waals surface area contributed by atoms with E-state index in [0.29, 0.717) is 0 Å². The molecular formula is C17H26N4. The van der Waals surface area contributed by atoms with E-state index in [9.17, 15) is 5.26 Å². The normalized spacial score (nSPS) is 19.0. The molecule has 1 saturated heterocycles. The van der Waals surface area contributed by atoms with E-state index in [1.54, 1.807) is 0 Å². The van der Waals surface area contributed by atoms with Gasteiger partial charge in [0.25, 0.3) is 0 Å². The van der Waals surface area contributed by atoms with Crippen LogP contribution in [-0.4, -0.2) is 49.7 Å². The molecule has 1 aliphatic heterocycles. The summed E-state index contributed by atoms with van der Waals surface area (Å²) >= 11 is 0. The van der Waals surface area contributed by atoms with Gasteiger partial charge in [-0.25, -0.2) is 0 Å². The highest BCUT2D eigenvalue weighted by Gasteiger charge is 2.28. The van der Waals surface area contributed by atoms with E-state index in [-0.39, 0.29) is 0 Å². The number of para-hydroxylation sites is 1. The molecule has 1 unspecified atom stereocenters. The second kappa shape index (κ2) is 7.44. The van der Waals surface area contributed by atoms with Crippen LogP contribution < -0.4 is 10.2 Å². The molecule has 0 saturated carbocycles. The van der Waals surface area contributed by atoms with Gasteiger partial charge in [-0.15, -0.1) is 0 Å². The number of nitrogens with one attached hydrogen (secondary N) is 1. The average Bonchev–Trinajstić information content (AvgIpc) is 2.54. The van der Waals surface area contributed by atoms with Crippen molar-refractivity contribution in [2.45, 2.75) is 25.8 Å². The Hall–Kier alpha value is -1.57. The lowest BCUT2D eigenvalue weighted by Gasteiger charge is -2.39. The number of rotatable bonds is 6. The van der Waals surface area contributed by atoms with E-state index in [0.717, 1.165) is 45.7 Å². The van der Waals surface area contributed by atoms with Crippen LogP contribution in [0.2, 0.25) is 0 Å². The second-order valence-electron chi connectivity index (χ2n) is 5.97. The number of anilines is 1. The molecule has 2 rings (SSSR count). The Morgan fingerprint density at radius 1 is 1.19 bits per heavy atom. The third-order valence-electron chi connectivity index (χ3n) is 4.05. The quantitative estimate of drug-likeness (QED) is 0.869. The fraction of sp³-hybridized carbons (Fsp3) is 0.588. The zero-order valence-corrected chi connectivity index (χ0v) is 13.2. The minimum Gasteiger partial charge on any atom is -0.369 e. The maximum Gasteiger partial charge on any atom is 0.116 e. The molecule has 4 nitrogen and oxygen atoms in total. The van der Waals surface area contributed by atoms with Crippen LogP contribution >= 0.6 is 0 Å². The van der Waals surface area contributed by atoms with Crippen molar-refractivity contribution in [1.29, 1.82) is 5.26 Å². The van der Waals surface area contributed by atoms with E-state index in [4.69, 9.17) is 0 Å². The summed E-state index contributed by atoms with van der Waals surface area (Å²) in [4.78, 5) is 4.81. The molecule has 0 bridgehead atoms. The van der Waals surface area contributed by atoms with E-state index in [1.165, 1.54) is 5.69 Å². The molecule has 1 aromatic rings. The zero-order chi connectivity index (χ0) is 15.1. The van der Waals surface area contributed by atoms with Crippen molar-refractivity contribution in [2.24, 2.45) is 0 Å². The van der Waals surface area contributed by atoms with Crippen molar-refractivity contribution in [2.75, 3.05) is 44.2 Å². The molecule has 1 aliphatic rings. The summed E-state index contributed by atoms with van der Waals surface area (Å²) in [7, 11) is 0. The first-order valence-corrected chi connectivity index (χ1v) is 7.85. The first-order valence-electron chi connectivity index (χ1n) is 7.85. The molecule has 4 heteroatoms. The maximum atomic E-state index is 9.42. The van der Waals surface area contributed by atoms with Gasteiger partial charge in [-0.05, 0) is 32.0 Å². The monoisotopic (exact) mass is 286 g/mol. The van der Waals surface area contributed by atoms with Crippen molar-refractivity contribution in [3.63, 3.8) is 0 Å². The number of nitriles is 1. The van der Waals surface area contributed by atoms with E-state index < -0.39 is 5.54 Å². The summed E-state index contributed by atoms with van der Waals surface area (Å²) in [5.74, 6) is 0. The van der Waals surface area contributed by atoms with Gasteiger partial charge >= 0.3 is 0 Å². The highest BCUT2D eigenvalue weighted by molar-refractivity contribution is 5.46. The number of benzene rings is 1. The topological polar surface area (TPSA) is 42.3 Å². The minimum atomic E-state index is -0.440. The molecule has 0 amide bonds. The molecule has 0 radical (unpaired) electrons. The zero-order valence-electron chi connectivity index (χ0n) is 13.2. The predicted octanol–water partition coefficient (Wildman–Crippen LogP) is 2.09. The number of piperazine rings is 1. The van der Waals surface area contributed by atoms with Crippen LogP contribution in [0.25, 0.3) is 0 Å². The van der Waals surface area contributed by atoms with E-state index in [2.05, 4.69) is 58.4 Å². The molecule has 1 aromatic carbocycles. The fourth-order valence-electron chi connectivity index (χ4n) is 2.78. The van der Waals surface area contributed by atoms with Crippen molar-refractivity contribution in [3.05, 3.63) is 30.3 Å². The summed E-state index contributed by atoms with van der Waals surface area (Å²) in [6.45, 7) is 9.91. The maximum absolute atomic E-state index is 9.42. The Labute approximate surface area is 128 Å².